The van der Waals surface area contributed by atoms with Gasteiger partial charge in [0.05, 0.1) is 31.2 Å². The Morgan fingerprint density at radius 3 is 1.58 bits per heavy atom. The lowest BCUT2D eigenvalue weighted by Gasteiger charge is -2.10. The van der Waals surface area contributed by atoms with Crippen LogP contribution < -0.4 is 15.2 Å². The fourth-order valence-electron chi connectivity index (χ4n) is 7.11. The first-order valence-corrected chi connectivity index (χ1v) is 23.4. The van der Waals surface area contributed by atoms with Crippen LogP contribution in [0.1, 0.15) is 79.7 Å². The number of Topliss-reactive ketones (excluding diaryl/α,β-unsaturated/α-hetero) is 2. The number of nitrogens with two attached hydrogens (primary N) is 1. The minimum absolute atomic E-state index is 0.00556. The number of carboxylic acid groups (broad SMARTS) is 1. The predicted octanol–water partition coefficient (Wildman–Crippen LogP) is 11.3. The molecule has 65 heavy (non-hydrogen) atoms. The number of aryl methyl sites for hydroxylation is 4. The number of fused-ring (bicyclic) bond motifs is 2. The summed E-state index contributed by atoms with van der Waals surface area (Å²) < 4.78 is 14.8. The maximum Gasteiger partial charge on any atom is 0.328 e. The van der Waals surface area contributed by atoms with Crippen LogP contribution in [0.15, 0.2) is 60.7 Å². The Morgan fingerprint density at radius 1 is 0.738 bits per heavy atom. The molecule has 2 aliphatic heterocycles. The van der Waals surface area contributed by atoms with Crippen LogP contribution in [0.25, 0.3) is 33.0 Å². The summed E-state index contributed by atoms with van der Waals surface area (Å²) in [4.78, 5) is 49.1. The maximum atomic E-state index is 12.4. The smallest absolute Gasteiger partial charge is 0.328 e. The van der Waals surface area contributed by atoms with Gasteiger partial charge < -0.3 is 20.3 Å². The van der Waals surface area contributed by atoms with E-state index < -0.39 is 5.97 Å². The molecule has 4 aromatic heterocycles. The van der Waals surface area contributed by atoms with E-state index >= 15 is 0 Å². The van der Waals surface area contributed by atoms with Gasteiger partial charge in [-0.3, -0.25) is 23.7 Å². The fraction of sp³-hybridized carbons (Fsp3) is 0.277. The van der Waals surface area contributed by atoms with Crippen molar-refractivity contribution in [2.45, 2.75) is 65.6 Å². The lowest BCUT2D eigenvalue weighted by molar-refractivity contribution is -0.131. The molecule has 0 bridgehead atoms. The van der Waals surface area contributed by atoms with Crippen molar-refractivity contribution in [1.29, 1.82) is 0 Å². The van der Waals surface area contributed by atoms with Crippen LogP contribution in [0, 0.1) is 13.8 Å². The Morgan fingerprint density at radius 2 is 1.18 bits per heavy atom. The second kappa shape index (κ2) is 21.5. The van der Waals surface area contributed by atoms with E-state index in [0.717, 1.165) is 71.3 Å². The highest BCUT2D eigenvalue weighted by Gasteiger charge is 2.27. The minimum Gasteiger partial charge on any atom is -0.488 e. The molecule has 0 aliphatic carbocycles. The van der Waals surface area contributed by atoms with E-state index in [0.29, 0.717) is 63.2 Å². The number of allylic oxidation sites excluding steroid dienone is 1. The standard InChI is InChI=1S/C24H22Cl2N2O3S.C15H14ClNO2S.C8H9ClN2O2/c1-13-19(24(26)28(3)27-13)7-5-17(30)4-6-18-11-16-10-15(12-20(25)23(16)31-18)22-9-8-21(32-22)14(2)29;1-8(18)13-2-3-14(20-13)9-4-10-5-11(7-17)19-15(10)12(16)6-9;1-5-6(3-4-7(12)13)8(9)11(2)10-5/h5,7-10,12,18H,4,6,11H2,1-3H3;2-4,6,11H,5,7,17H2,1H3;3-4H,1-2H3,(H,12,13)/b7-5+;;4-3+. The maximum absolute atomic E-state index is 12.4. The molecule has 2 aromatic carbocycles. The van der Waals surface area contributed by atoms with Gasteiger partial charge in [0.1, 0.15) is 34.0 Å². The molecule has 8 rings (SSSR count). The molecule has 0 spiro atoms. The molecule has 0 fully saturated rings. The van der Waals surface area contributed by atoms with Crippen LogP contribution in [-0.2, 0) is 36.5 Å². The molecule has 6 heterocycles. The third-order valence-corrected chi connectivity index (χ3v) is 14.3. The minimum atomic E-state index is -1.00. The largest absolute Gasteiger partial charge is 0.488 e. The Bertz CT molecular complexity index is 2860. The van der Waals surface area contributed by atoms with Crippen LogP contribution in [0.3, 0.4) is 0 Å². The predicted molar refractivity (Wildman–Crippen MR) is 261 cm³/mol. The quantitative estimate of drug-likeness (QED) is 0.0889. The van der Waals surface area contributed by atoms with Crippen LogP contribution in [0.5, 0.6) is 11.5 Å². The molecule has 340 valence electrons. The van der Waals surface area contributed by atoms with E-state index in [2.05, 4.69) is 22.3 Å². The lowest BCUT2D eigenvalue weighted by Crippen LogP contribution is -2.24. The number of ether oxygens (including phenoxy) is 2. The SMILES string of the molecule is CC(=O)c1ccc(-c2cc(Cl)c3c(c2)CC(CCC(=O)/C=C/c2c(C)nn(C)c2Cl)O3)s1.CC(=O)c1ccc(-c2cc(Cl)c3c(c2)CC(CN)O3)s1.Cc1nn(C)c(Cl)c1/C=C/C(=O)O. The lowest BCUT2D eigenvalue weighted by atomic mass is 10.0. The molecule has 0 saturated carbocycles. The average molecular weight is 998 g/mol. The van der Waals surface area contributed by atoms with Gasteiger partial charge in [-0.1, -0.05) is 46.4 Å². The number of hydrogen-bond acceptors (Lipinski definition) is 11. The number of aromatic nitrogens is 4. The molecular formula is C47H45Cl4N5O7S2. The third kappa shape index (κ3) is 12.0. The summed E-state index contributed by atoms with van der Waals surface area (Å²) in [5, 5.41) is 18.8. The van der Waals surface area contributed by atoms with E-state index in [9.17, 15) is 19.2 Å². The number of rotatable bonds is 12. The number of carbonyl (C=O) groups is 4. The van der Waals surface area contributed by atoms with Gasteiger partial charge in [0, 0.05) is 78.0 Å². The van der Waals surface area contributed by atoms with Crippen LogP contribution in [-0.4, -0.2) is 66.7 Å². The summed E-state index contributed by atoms with van der Waals surface area (Å²) in [5.41, 5.74) is 12.6. The summed E-state index contributed by atoms with van der Waals surface area (Å²) in [5.74, 6) is 0.570. The van der Waals surface area contributed by atoms with Gasteiger partial charge in [0.15, 0.2) is 17.3 Å². The van der Waals surface area contributed by atoms with Crippen LogP contribution >= 0.6 is 69.1 Å². The van der Waals surface area contributed by atoms with Crippen molar-refractivity contribution in [3.05, 3.63) is 124 Å². The van der Waals surface area contributed by atoms with Gasteiger partial charge in [-0.25, -0.2) is 4.79 Å². The third-order valence-electron chi connectivity index (χ3n) is 10.4. The zero-order valence-electron chi connectivity index (χ0n) is 36.2. The van der Waals surface area contributed by atoms with E-state index in [1.807, 2.05) is 43.3 Å². The van der Waals surface area contributed by atoms with Gasteiger partial charge in [-0.05, 0) is 112 Å². The van der Waals surface area contributed by atoms with Gasteiger partial charge in [0.2, 0.25) is 0 Å². The topological polar surface area (TPSA) is 169 Å². The first-order valence-electron chi connectivity index (χ1n) is 20.2. The number of hydrogen-bond donors (Lipinski definition) is 2. The Hall–Kier alpha value is -5.06. The van der Waals surface area contributed by atoms with Crippen molar-refractivity contribution in [1.82, 2.24) is 19.6 Å². The van der Waals surface area contributed by atoms with Crippen molar-refractivity contribution < 1.29 is 33.8 Å². The first-order chi connectivity index (χ1) is 30.8. The van der Waals surface area contributed by atoms with E-state index in [1.54, 1.807) is 51.7 Å². The van der Waals surface area contributed by atoms with Crippen molar-refractivity contribution >= 4 is 105 Å². The fourth-order valence-corrected chi connectivity index (χ4v) is 9.92. The summed E-state index contributed by atoms with van der Waals surface area (Å²) >= 11 is 27.8. The molecule has 18 heteroatoms. The highest BCUT2D eigenvalue weighted by atomic mass is 35.5. The van der Waals surface area contributed by atoms with Crippen LogP contribution in [0.4, 0.5) is 0 Å². The number of nitrogens with zero attached hydrogens (tertiary/aromatic N) is 4. The zero-order valence-corrected chi connectivity index (χ0v) is 40.9. The van der Waals surface area contributed by atoms with E-state index in [1.165, 1.54) is 33.4 Å². The number of carboxylic acids is 1. The van der Waals surface area contributed by atoms with E-state index in [-0.39, 0.29) is 29.6 Å². The van der Waals surface area contributed by atoms with Crippen molar-refractivity contribution in [3.8, 4) is 32.4 Å². The number of aliphatic carboxylic acids is 1. The highest BCUT2D eigenvalue weighted by molar-refractivity contribution is 7.17. The monoisotopic (exact) mass is 995 g/mol. The first kappa shape index (κ1) is 49.4. The molecular weight excluding hydrogens is 952 g/mol. The average Bonchev–Trinajstić information content (AvgIpc) is 4.12. The van der Waals surface area contributed by atoms with Crippen molar-refractivity contribution in [2.24, 2.45) is 19.8 Å². The highest BCUT2D eigenvalue weighted by Crippen LogP contribution is 2.43. The Labute approximate surface area is 404 Å². The van der Waals surface area contributed by atoms with Gasteiger partial charge >= 0.3 is 5.97 Å². The summed E-state index contributed by atoms with van der Waals surface area (Å²) in [6.45, 7) is 7.24. The number of carbonyl (C=O) groups excluding carboxylic acids is 3. The molecule has 0 amide bonds. The number of ketones is 3. The number of thiophene rings is 2. The number of benzene rings is 2. The van der Waals surface area contributed by atoms with Crippen molar-refractivity contribution in [2.75, 3.05) is 6.54 Å². The Balaban J connectivity index is 0.000000180. The van der Waals surface area contributed by atoms with Gasteiger partial charge in [0.25, 0.3) is 0 Å². The number of halogens is 4. The molecule has 3 N–H and O–H groups in total. The summed E-state index contributed by atoms with van der Waals surface area (Å²) in [6.07, 6.45) is 8.08. The second-order valence-corrected chi connectivity index (χ2v) is 19.0. The zero-order chi connectivity index (χ0) is 47.3. The van der Waals surface area contributed by atoms with E-state index in [4.69, 9.17) is 66.7 Å². The summed E-state index contributed by atoms with van der Waals surface area (Å²) in [7, 11) is 3.47. The molecule has 6 aromatic rings. The second-order valence-electron chi connectivity index (χ2n) is 15.3. The molecule has 0 radical (unpaired) electrons. The van der Waals surface area contributed by atoms with Crippen LogP contribution in [0.2, 0.25) is 20.4 Å². The summed E-state index contributed by atoms with van der Waals surface area (Å²) in [6, 6.07) is 15.5. The molecule has 2 aliphatic rings. The molecule has 12 nitrogen and oxygen atoms in total. The van der Waals surface area contributed by atoms with Gasteiger partial charge in [-0.15, -0.1) is 22.7 Å². The molecule has 2 atom stereocenters. The van der Waals surface area contributed by atoms with Crippen molar-refractivity contribution in [3.63, 3.8) is 0 Å². The van der Waals surface area contributed by atoms with Gasteiger partial charge in [-0.2, -0.15) is 10.2 Å². The Kier molecular flexibility index (Phi) is 16.3. The normalized spacial score (nSPS) is 14.9. The molecule has 2 unspecified atom stereocenters. The molecule has 0 saturated heterocycles.